The molecule has 1 aromatic rings. The minimum absolute atomic E-state index is 0.0274. The Balaban J connectivity index is 2.03. The van der Waals surface area contributed by atoms with E-state index in [2.05, 4.69) is 0 Å². The Kier molecular flexibility index (Phi) is 4.16. The Bertz CT molecular complexity index is 469. The molecule has 1 aliphatic heterocycles. The maximum atomic E-state index is 11.8. The van der Waals surface area contributed by atoms with E-state index in [9.17, 15) is 9.59 Å². The largest absolute Gasteiger partial charge is 0.497 e. The summed E-state index contributed by atoms with van der Waals surface area (Å²) in [5, 5.41) is 0. The summed E-state index contributed by atoms with van der Waals surface area (Å²) in [6, 6.07) is 7.51. The van der Waals surface area contributed by atoms with Crippen molar-refractivity contribution in [1.82, 2.24) is 4.90 Å². The molecule has 19 heavy (non-hydrogen) atoms. The highest BCUT2D eigenvalue weighted by Gasteiger charge is 2.28. The molecule has 0 saturated carbocycles. The first-order valence-corrected chi connectivity index (χ1v) is 6.13. The second-order valence-corrected chi connectivity index (χ2v) is 4.53. The molecule has 1 amide bonds. The predicted octanol–water partition coefficient (Wildman–Crippen LogP) is 1.01. The van der Waals surface area contributed by atoms with E-state index in [4.69, 9.17) is 9.47 Å². The number of morpholine rings is 1. The van der Waals surface area contributed by atoms with E-state index in [1.165, 1.54) is 6.92 Å². The minimum Gasteiger partial charge on any atom is -0.497 e. The van der Waals surface area contributed by atoms with Gasteiger partial charge < -0.3 is 14.4 Å². The fourth-order valence-corrected chi connectivity index (χ4v) is 1.97. The third kappa shape index (κ3) is 3.32. The third-order valence-electron chi connectivity index (χ3n) is 3.13. The molecule has 5 nitrogen and oxygen atoms in total. The van der Waals surface area contributed by atoms with Crippen molar-refractivity contribution in [2.24, 2.45) is 0 Å². The molecule has 1 heterocycles. The number of amides is 1. The van der Waals surface area contributed by atoms with Crippen LogP contribution in [0.2, 0.25) is 0 Å². The Morgan fingerprint density at radius 1 is 1.42 bits per heavy atom. The zero-order chi connectivity index (χ0) is 13.8. The molecule has 0 bridgehead atoms. The summed E-state index contributed by atoms with van der Waals surface area (Å²) in [5.74, 6) is 0.638. The molecule has 2 rings (SSSR count). The van der Waals surface area contributed by atoms with Crippen molar-refractivity contribution in [3.05, 3.63) is 29.8 Å². The molecule has 1 fully saturated rings. The Morgan fingerprint density at radius 2 is 2.11 bits per heavy atom. The normalized spacial score (nSPS) is 19.4. The predicted molar refractivity (Wildman–Crippen MR) is 68.8 cm³/mol. The van der Waals surface area contributed by atoms with Gasteiger partial charge in [0.15, 0.2) is 5.78 Å². The second-order valence-electron chi connectivity index (χ2n) is 4.53. The fraction of sp³-hybridized carbons (Fsp3) is 0.429. The molecule has 0 spiro atoms. The number of carbonyl (C=O) groups is 2. The second kappa shape index (κ2) is 5.84. The van der Waals surface area contributed by atoms with E-state index in [1.54, 1.807) is 12.0 Å². The minimum atomic E-state index is -0.504. The van der Waals surface area contributed by atoms with Gasteiger partial charge in [-0.15, -0.1) is 0 Å². The summed E-state index contributed by atoms with van der Waals surface area (Å²) in [4.78, 5) is 24.7. The molecule has 1 aliphatic rings. The van der Waals surface area contributed by atoms with Gasteiger partial charge in [-0.2, -0.15) is 0 Å². The van der Waals surface area contributed by atoms with Crippen LogP contribution in [0.15, 0.2) is 24.3 Å². The maximum absolute atomic E-state index is 11.8. The van der Waals surface area contributed by atoms with Crippen LogP contribution in [0.4, 0.5) is 0 Å². The molecule has 0 unspecified atom stereocenters. The van der Waals surface area contributed by atoms with Gasteiger partial charge in [0.25, 0.3) is 0 Å². The van der Waals surface area contributed by atoms with Crippen LogP contribution < -0.4 is 4.74 Å². The van der Waals surface area contributed by atoms with Crippen LogP contribution in [-0.2, 0) is 20.9 Å². The van der Waals surface area contributed by atoms with Gasteiger partial charge in [-0.05, 0) is 24.6 Å². The number of ketones is 1. The van der Waals surface area contributed by atoms with Crippen LogP contribution in [0.25, 0.3) is 0 Å². The van der Waals surface area contributed by atoms with Gasteiger partial charge >= 0.3 is 0 Å². The van der Waals surface area contributed by atoms with Gasteiger partial charge in [0, 0.05) is 6.54 Å². The van der Waals surface area contributed by atoms with E-state index in [1.807, 2.05) is 24.3 Å². The monoisotopic (exact) mass is 263 g/mol. The van der Waals surface area contributed by atoms with E-state index in [0.717, 1.165) is 11.3 Å². The Morgan fingerprint density at radius 3 is 2.68 bits per heavy atom. The molecule has 102 valence electrons. The molecule has 0 radical (unpaired) electrons. The van der Waals surface area contributed by atoms with E-state index < -0.39 is 6.10 Å². The number of ether oxygens (including phenoxy) is 2. The summed E-state index contributed by atoms with van der Waals surface area (Å²) in [7, 11) is 1.61. The molecule has 5 heteroatoms. The lowest BCUT2D eigenvalue weighted by Gasteiger charge is -2.31. The van der Waals surface area contributed by atoms with Gasteiger partial charge in [0.05, 0.1) is 13.7 Å². The van der Waals surface area contributed by atoms with Gasteiger partial charge in [-0.3, -0.25) is 9.59 Å². The number of rotatable bonds is 4. The third-order valence-corrected chi connectivity index (χ3v) is 3.13. The van der Waals surface area contributed by atoms with Crippen LogP contribution in [0, 0.1) is 0 Å². The number of hydrogen-bond acceptors (Lipinski definition) is 4. The first-order valence-electron chi connectivity index (χ1n) is 6.13. The zero-order valence-electron chi connectivity index (χ0n) is 11.1. The SMILES string of the molecule is COc1ccc(CN2C[C@H](C(C)=O)OCC2=O)cc1. The molecular weight excluding hydrogens is 246 g/mol. The van der Waals surface area contributed by atoms with E-state index in [-0.39, 0.29) is 18.3 Å². The molecular formula is C14H17NO4. The van der Waals surface area contributed by atoms with Crippen LogP contribution in [0.1, 0.15) is 12.5 Å². The average Bonchev–Trinajstić information content (AvgIpc) is 2.42. The number of carbonyl (C=O) groups excluding carboxylic acids is 2. The molecule has 0 N–H and O–H groups in total. The van der Waals surface area contributed by atoms with Crippen LogP contribution >= 0.6 is 0 Å². The first-order chi connectivity index (χ1) is 9.10. The summed E-state index contributed by atoms with van der Waals surface area (Å²) in [6.07, 6.45) is -0.504. The van der Waals surface area contributed by atoms with Crippen molar-refractivity contribution in [1.29, 1.82) is 0 Å². The summed E-state index contributed by atoms with van der Waals surface area (Å²) in [6.45, 7) is 2.25. The summed E-state index contributed by atoms with van der Waals surface area (Å²) < 4.78 is 10.3. The van der Waals surface area contributed by atoms with E-state index in [0.29, 0.717) is 13.1 Å². The zero-order valence-corrected chi connectivity index (χ0v) is 11.1. The van der Waals surface area contributed by atoms with Crippen molar-refractivity contribution < 1.29 is 19.1 Å². The van der Waals surface area contributed by atoms with Gasteiger partial charge in [0.1, 0.15) is 18.5 Å². The highest BCUT2D eigenvalue weighted by atomic mass is 16.5. The van der Waals surface area contributed by atoms with Crippen molar-refractivity contribution in [2.75, 3.05) is 20.3 Å². The van der Waals surface area contributed by atoms with Gasteiger partial charge in [-0.25, -0.2) is 0 Å². The van der Waals surface area contributed by atoms with Gasteiger partial charge in [0.2, 0.25) is 5.91 Å². The van der Waals surface area contributed by atoms with Crippen molar-refractivity contribution >= 4 is 11.7 Å². The Hall–Kier alpha value is -1.88. The summed E-state index contributed by atoms with van der Waals surface area (Å²) in [5.41, 5.74) is 0.998. The lowest BCUT2D eigenvalue weighted by Crippen LogP contribution is -2.48. The topological polar surface area (TPSA) is 55.8 Å². The van der Waals surface area contributed by atoms with Crippen LogP contribution in [0.5, 0.6) is 5.75 Å². The molecule has 1 saturated heterocycles. The number of hydrogen-bond donors (Lipinski definition) is 0. The van der Waals surface area contributed by atoms with Crippen molar-refractivity contribution in [2.45, 2.75) is 19.6 Å². The van der Waals surface area contributed by atoms with Crippen LogP contribution in [-0.4, -0.2) is 43.0 Å². The van der Waals surface area contributed by atoms with E-state index >= 15 is 0 Å². The summed E-state index contributed by atoms with van der Waals surface area (Å²) >= 11 is 0. The lowest BCUT2D eigenvalue weighted by atomic mass is 10.1. The fourth-order valence-electron chi connectivity index (χ4n) is 1.97. The maximum Gasteiger partial charge on any atom is 0.249 e. The molecule has 0 aromatic heterocycles. The number of nitrogens with zero attached hydrogens (tertiary/aromatic N) is 1. The molecule has 0 aliphatic carbocycles. The Labute approximate surface area is 112 Å². The highest BCUT2D eigenvalue weighted by molar-refractivity contribution is 5.84. The highest BCUT2D eigenvalue weighted by Crippen LogP contribution is 2.15. The lowest BCUT2D eigenvalue weighted by molar-refractivity contribution is -0.154. The number of benzene rings is 1. The number of Topliss-reactive ketones (excluding diaryl/α,β-unsaturated/α-hetero) is 1. The molecule has 1 atom stereocenters. The standard InChI is InChI=1S/C14H17NO4/c1-10(16)13-8-15(14(17)9-19-13)7-11-3-5-12(18-2)6-4-11/h3-6,13H,7-9H2,1-2H3/t13-/m1/s1. The van der Waals surface area contributed by atoms with Gasteiger partial charge in [-0.1, -0.05) is 12.1 Å². The van der Waals surface area contributed by atoms with Crippen LogP contribution in [0.3, 0.4) is 0 Å². The quantitative estimate of drug-likeness (QED) is 0.813. The van der Waals surface area contributed by atoms with Crippen molar-refractivity contribution in [3.63, 3.8) is 0 Å². The smallest absolute Gasteiger partial charge is 0.249 e. The van der Waals surface area contributed by atoms with Crippen molar-refractivity contribution in [3.8, 4) is 5.75 Å². The molecule has 1 aromatic carbocycles. The first kappa shape index (κ1) is 13.5. The average molecular weight is 263 g/mol. The number of methoxy groups -OCH3 is 1.